The van der Waals surface area contributed by atoms with Crippen molar-refractivity contribution in [2.75, 3.05) is 18.8 Å². The standard InChI is InChI=1S/C14H14BrNO2S/c1-17-12-7-6-10(16)8-13(12)18-9-19-14-5-3-2-4-11(14)15/h2-8H,9,16H2,1H3. The Balaban J connectivity index is 2.00. The van der Waals surface area contributed by atoms with E-state index in [1.54, 1.807) is 37.1 Å². The molecule has 0 unspecified atom stereocenters. The maximum absolute atomic E-state index is 5.74. The number of anilines is 1. The first kappa shape index (κ1) is 14.1. The molecular formula is C14H14BrNO2S. The molecule has 0 spiro atoms. The molecule has 0 amide bonds. The molecule has 0 aliphatic heterocycles. The highest BCUT2D eigenvalue weighted by Gasteiger charge is 2.05. The molecule has 3 nitrogen and oxygen atoms in total. The van der Waals surface area contributed by atoms with E-state index in [0.717, 1.165) is 9.37 Å². The van der Waals surface area contributed by atoms with Gasteiger partial charge >= 0.3 is 0 Å². The van der Waals surface area contributed by atoms with Crippen LogP contribution >= 0.6 is 27.7 Å². The number of benzene rings is 2. The zero-order valence-corrected chi connectivity index (χ0v) is 12.8. The molecule has 0 atom stereocenters. The SMILES string of the molecule is COc1ccc(N)cc1OCSc1ccccc1Br. The first-order valence-corrected chi connectivity index (χ1v) is 7.42. The van der Waals surface area contributed by atoms with E-state index in [1.807, 2.05) is 24.3 Å². The highest BCUT2D eigenvalue weighted by molar-refractivity contribution is 9.10. The van der Waals surface area contributed by atoms with Gasteiger partial charge in [0.2, 0.25) is 0 Å². The van der Waals surface area contributed by atoms with Crippen molar-refractivity contribution in [1.29, 1.82) is 0 Å². The van der Waals surface area contributed by atoms with Crippen LogP contribution in [0.5, 0.6) is 11.5 Å². The van der Waals surface area contributed by atoms with Crippen molar-refractivity contribution < 1.29 is 9.47 Å². The second-order valence-electron chi connectivity index (χ2n) is 3.75. The number of rotatable bonds is 5. The summed E-state index contributed by atoms with van der Waals surface area (Å²) in [5, 5.41) is 0. The third kappa shape index (κ3) is 3.81. The number of hydrogen-bond donors (Lipinski definition) is 1. The molecule has 0 fully saturated rings. The molecule has 2 aromatic rings. The van der Waals surface area contributed by atoms with Crippen LogP contribution in [0.3, 0.4) is 0 Å². The van der Waals surface area contributed by atoms with Crippen LogP contribution in [-0.4, -0.2) is 13.0 Å². The minimum Gasteiger partial charge on any atom is -0.493 e. The van der Waals surface area contributed by atoms with E-state index in [4.69, 9.17) is 15.2 Å². The summed E-state index contributed by atoms with van der Waals surface area (Å²) in [4.78, 5) is 1.13. The van der Waals surface area contributed by atoms with Gasteiger partial charge in [0, 0.05) is 21.1 Å². The van der Waals surface area contributed by atoms with Crippen molar-refractivity contribution in [3.63, 3.8) is 0 Å². The Labute approximate surface area is 125 Å². The largest absolute Gasteiger partial charge is 0.493 e. The van der Waals surface area contributed by atoms with Crippen molar-refractivity contribution in [1.82, 2.24) is 0 Å². The zero-order chi connectivity index (χ0) is 13.7. The third-order valence-corrected chi connectivity index (χ3v) is 4.31. The van der Waals surface area contributed by atoms with Gasteiger partial charge in [0.15, 0.2) is 11.5 Å². The van der Waals surface area contributed by atoms with Crippen LogP contribution in [-0.2, 0) is 0 Å². The minimum atomic E-state index is 0.489. The predicted molar refractivity (Wildman–Crippen MR) is 82.9 cm³/mol. The summed E-state index contributed by atoms with van der Waals surface area (Å²) < 4.78 is 12.0. The first-order valence-electron chi connectivity index (χ1n) is 5.64. The number of methoxy groups -OCH3 is 1. The van der Waals surface area contributed by atoms with E-state index in [9.17, 15) is 0 Å². The van der Waals surface area contributed by atoms with Gasteiger partial charge in [-0.2, -0.15) is 0 Å². The minimum absolute atomic E-state index is 0.489. The smallest absolute Gasteiger partial charge is 0.164 e. The highest BCUT2D eigenvalue weighted by Crippen LogP contribution is 2.32. The van der Waals surface area contributed by atoms with E-state index in [-0.39, 0.29) is 0 Å². The molecule has 0 aromatic heterocycles. The monoisotopic (exact) mass is 339 g/mol. The lowest BCUT2D eigenvalue weighted by molar-refractivity contribution is 0.344. The van der Waals surface area contributed by atoms with Crippen LogP contribution in [0.4, 0.5) is 5.69 Å². The summed E-state index contributed by atoms with van der Waals surface area (Å²) in [6.45, 7) is 0. The Morgan fingerprint density at radius 1 is 1.16 bits per heavy atom. The fraction of sp³-hybridized carbons (Fsp3) is 0.143. The van der Waals surface area contributed by atoms with Gasteiger partial charge in [0.25, 0.3) is 0 Å². The quantitative estimate of drug-likeness (QED) is 0.504. The molecule has 2 aromatic carbocycles. The van der Waals surface area contributed by atoms with Gasteiger partial charge < -0.3 is 15.2 Å². The molecule has 100 valence electrons. The fourth-order valence-electron chi connectivity index (χ4n) is 1.52. The van der Waals surface area contributed by atoms with Gasteiger partial charge in [0.05, 0.1) is 7.11 Å². The average molecular weight is 340 g/mol. The summed E-state index contributed by atoms with van der Waals surface area (Å²) in [6, 6.07) is 13.4. The topological polar surface area (TPSA) is 44.5 Å². The third-order valence-electron chi connectivity index (χ3n) is 2.45. The summed E-state index contributed by atoms with van der Waals surface area (Å²) in [5.74, 6) is 1.83. The number of halogens is 1. The number of nitrogen functional groups attached to an aromatic ring is 1. The molecule has 0 aliphatic rings. The molecule has 2 rings (SSSR count). The zero-order valence-electron chi connectivity index (χ0n) is 10.4. The van der Waals surface area contributed by atoms with Crippen molar-refractivity contribution in [3.8, 4) is 11.5 Å². The molecule has 0 radical (unpaired) electrons. The van der Waals surface area contributed by atoms with E-state index in [1.165, 1.54) is 0 Å². The predicted octanol–water partition coefficient (Wildman–Crippen LogP) is 4.17. The maximum atomic E-state index is 5.74. The number of ether oxygens (including phenoxy) is 2. The molecule has 0 aliphatic carbocycles. The van der Waals surface area contributed by atoms with Crippen molar-refractivity contribution in [2.45, 2.75) is 4.90 Å². The lowest BCUT2D eigenvalue weighted by Crippen LogP contribution is -1.97. The van der Waals surface area contributed by atoms with Crippen molar-refractivity contribution in [2.24, 2.45) is 0 Å². The van der Waals surface area contributed by atoms with Crippen LogP contribution in [0, 0.1) is 0 Å². The summed E-state index contributed by atoms with van der Waals surface area (Å²) in [6.07, 6.45) is 0. The molecule has 5 heteroatoms. The molecule has 0 bridgehead atoms. The Morgan fingerprint density at radius 3 is 2.68 bits per heavy atom. The lowest BCUT2D eigenvalue weighted by Gasteiger charge is -2.11. The summed E-state index contributed by atoms with van der Waals surface area (Å²) in [7, 11) is 1.61. The number of thioether (sulfide) groups is 1. The Bertz CT molecular complexity index is 563. The van der Waals surface area contributed by atoms with Crippen molar-refractivity contribution in [3.05, 3.63) is 46.9 Å². The maximum Gasteiger partial charge on any atom is 0.164 e. The first-order chi connectivity index (χ1) is 9.20. The Kier molecular flexibility index (Phi) is 4.99. The van der Waals surface area contributed by atoms with Gasteiger partial charge in [0.1, 0.15) is 5.94 Å². The molecule has 0 saturated carbocycles. The van der Waals surface area contributed by atoms with Crippen LogP contribution in [0.25, 0.3) is 0 Å². The number of hydrogen-bond acceptors (Lipinski definition) is 4. The fourth-order valence-corrected chi connectivity index (χ4v) is 2.85. The molecule has 0 saturated heterocycles. The second-order valence-corrected chi connectivity index (χ2v) is 5.57. The molecule has 2 N–H and O–H groups in total. The highest BCUT2D eigenvalue weighted by atomic mass is 79.9. The molecule has 19 heavy (non-hydrogen) atoms. The van der Waals surface area contributed by atoms with Gasteiger partial charge in [-0.3, -0.25) is 0 Å². The van der Waals surface area contributed by atoms with E-state index < -0.39 is 0 Å². The van der Waals surface area contributed by atoms with Crippen LogP contribution < -0.4 is 15.2 Å². The average Bonchev–Trinajstić information content (AvgIpc) is 2.41. The second kappa shape index (κ2) is 6.73. The Morgan fingerprint density at radius 2 is 1.95 bits per heavy atom. The van der Waals surface area contributed by atoms with Gasteiger partial charge in [-0.05, 0) is 40.2 Å². The molecule has 0 heterocycles. The van der Waals surface area contributed by atoms with Crippen LogP contribution in [0.15, 0.2) is 51.8 Å². The van der Waals surface area contributed by atoms with Crippen LogP contribution in [0.2, 0.25) is 0 Å². The Hall–Kier alpha value is -1.33. The van der Waals surface area contributed by atoms with E-state index in [2.05, 4.69) is 15.9 Å². The van der Waals surface area contributed by atoms with Gasteiger partial charge in [-0.25, -0.2) is 0 Å². The van der Waals surface area contributed by atoms with E-state index in [0.29, 0.717) is 23.1 Å². The summed E-state index contributed by atoms with van der Waals surface area (Å²) >= 11 is 5.10. The molecular weight excluding hydrogens is 326 g/mol. The van der Waals surface area contributed by atoms with Gasteiger partial charge in [-0.15, -0.1) is 0 Å². The van der Waals surface area contributed by atoms with Crippen molar-refractivity contribution >= 4 is 33.4 Å². The lowest BCUT2D eigenvalue weighted by atomic mass is 10.3. The van der Waals surface area contributed by atoms with E-state index >= 15 is 0 Å². The summed E-state index contributed by atoms with van der Waals surface area (Å²) in [5.41, 5.74) is 6.39. The van der Waals surface area contributed by atoms with Gasteiger partial charge in [-0.1, -0.05) is 23.9 Å². The number of nitrogens with two attached hydrogens (primary N) is 1. The van der Waals surface area contributed by atoms with Crippen LogP contribution in [0.1, 0.15) is 0 Å². The normalized spacial score (nSPS) is 10.2.